The SMILES string of the molecule is CCN(CC)CCCN(CC)CCCCNCC(C)C. The van der Waals surface area contributed by atoms with Crippen molar-refractivity contribution >= 4 is 0 Å². The minimum absolute atomic E-state index is 0.766. The van der Waals surface area contributed by atoms with E-state index < -0.39 is 0 Å². The minimum atomic E-state index is 0.766. The molecule has 0 unspecified atom stereocenters. The monoisotopic (exact) mass is 285 g/mol. The van der Waals surface area contributed by atoms with E-state index in [1.54, 1.807) is 0 Å². The Morgan fingerprint density at radius 3 is 1.85 bits per heavy atom. The molecule has 0 rings (SSSR count). The van der Waals surface area contributed by atoms with Crippen LogP contribution in [0.2, 0.25) is 0 Å². The van der Waals surface area contributed by atoms with Crippen LogP contribution in [0.4, 0.5) is 0 Å². The molecule has 122 valence electrons. The first-order valence-corrected chi connectivity index (χ1v) is 8.79. The molecule has 0 aliphatic carbocycles. The summed E-state index contributed by atoms with van der Waals surface area (Å²) in [5.74, 6) is 0.766. The lowest BCUT2D eigenvalue weighted by Crippen LogP contribution is -2.31. The van der Waals surface area contributed by atoms with E-state index in [0.29, 0.717) is 0 Å². The van der Waals surface area contributed by atoms with E-state index in [4.69, 9.17) is 0 Å². The Hall–Kier alpha value is -0.120. The third kappa shape index (κ3) is 11.7. The number of hydrogen-bond acceptors (Lipinski definition) is 3. The molecule has 20 heavy (non-hydrogen) atoms. The van der Waals surface area contributed by atoms with Crippen LogP contribution in [0.15, 0.2) is 0 Å². The van der Waals surface area contributed by atoms with Gasteiger partial charge in [0.15, 0.2) is 0 Å². The van der Waals surface area contributed by atoms with Crippen molar-refractivity contribution < 1.29 is 0 Å². The quantitative estimate of drug-likeness (QED) is 0.495. The molecular weight excluding hydrogens is 246 g/mol. The molecule has 1 N–H and O–H groups in total. The maximum absolute atomic E-state index is 3.52. The molecule has 0 amide bonds. The van der Waals surface area contributed by atoms with E-state index in [-0.39, 0.29) is 0 Å². The largest absolute Gasteiger partial charge is 0.316 e. The predicted molar refractivity (Wildman–Crippen MR) is 91.5 cm³/mol. The molecule has 0 heterocycles. The summed E-state index contributed by atoms with van der Waals surface area (Å²) in [7, 11) is 0. The van der Waals surface area contributed by atoms with Gasteiger partial charge in [0.1, 0.15) is 0 Å². The van der Waals surface area contributed by atoms with Gasteiger partial charge in [-0.2, -0.15) is 0 Å². The van der Waals surface area contributed by atoms with Gasteiger partial charge in [-0.3, -0.25) is 0 Å². The van der Waals surface area contributed by atoms with Crippen LogP contribution in [0, 0.1) is 5.92 Å². The van der Waals surface area contributed by atoms with E-state index in [1.165, 1.54) is 65.1 Å². The molecule has 0 saturated carbocycles. The van der Waals surface area contributed by atoms with Gasteiger partial charge in [-0.1, -0.05) is 34.6 Å². The van der Waals surface area contributed by atoms with Gasteiger partial charge < -0.3 is 15.1 Å². The van der Waals surface area contributed by atoms with Gasteiger partial charge in [0.05, 0.1) is 0 Å². The highest BCUT2D eigenvalue weighted by Crippen LogP contribution is 1.99. The van der Waals surface area contributed by atoms with Crippen LogP contribution in [0.5, 0.6) is 0 Å². The molecule has 0 radical (unpaired) electrons. The zero-order valence-electron chi connectivity index (χ0n) is 14.7. The summed E-state index contributed by atoms with van der Waals surface area (Å²) in [6.45, 7) is 21.0. The highest BCUT2D eigenvalue weighted by atomic mass is 15.1. The van der Waals surface area contributed by atoms with Gasteiger partial charge in [-0.25, -0.2) is 0 Å². The first kappa shape index (κ1) is 19.9. The van der Waals surface area contributed by atoms with E-state index in [1.807, 2.05) is 0 Å². The molecule has 0 aromatic heterocycles. The Labute approximate surface area is 128 Å². The Balaban J connectivity index is 3.51. The van der Waals surface area contributed by atoms with Crippen molar-refractivity contribution in [3.05, 3.63) is 0 Å². The Bertz CT molecular complexity index is 191. The van der Waals surface area contributed by atoms with Gasteiger partial charge in [0, 0.05) is 0 Å². The van der Waals surface area contributed by atoms with Gasteiger partial charge in [0.25, 0.3) is 0 Å². The molecular formula is C17H39N3. The zero-order chi connectivity index (χ0) is 15.2. The second kappa shape index (κ2) is 13.8. The Morgan fingerprint density at radius 2 is 1.30 bits per heavy atom. The maximum atomic E-state index is 3.52. The van der Waals surface area contributed by atoms with Crippen LogP contribution in [0.1, 0.15) is 53.9 Å². The Morgan fingerprint density at radius 1 is 0.750 bits per heavy atom. The fraction of sp³-hybridized carbons (Fsp3) is 1.00. The molecule has 0 fully saturated rings. The third-order valence-electron chi connectivity index (χ3n) is 3.92. The molecule has 0 saturated heterocycles. The summed E-state index contributed by atoms with van der Waals surface area (Å²) in [6.07, 6.45) is 3.94. The van der Waals surface area contributed by atoms with Crippen molar-refractivity contribution in [2.24, 2.45) is 5.92 Å². The highest BCUT2D eigenvalue weighted by Gasteiger charge is 2.04. The molecule has 0 aliphatic heterocycles. The summed E-state index contributed by atoms with van der Waals surface area (Å²) in [5, 5.41) is 3.52. The molecule has 0 aliphatic rings. The van der Waals surface area contributed by atoms with Crippen molar-refractivity contribution in [3.8, 4) is 0 Å². The van der Waals surface area contributed by atoms with Gasteiger partial charge in [-0.05, 0) is 77.5 Å². The van der Waals surface area contributed by atoms with Crippen LogP contribution in [0.3, 0.4) is 0 Å². The van der Waals surface area contributed by atoms with Crippen molar-refractivity contribution in [1.29, 1.82) is 0 Å². The minimum Gasteiger partial charge on any atom is -0.316 e. The number of rotatable bonds is 14. The topological polar surface area (TPSA) is 18.5 Å². The first-order chi connectivity index (χ1) is 9.63. The smallest absolute Gasteiger partial charge is 0.000666 e. The highest BCUT2D eigenvalue weighted by molar-refractivity contribution is 4.60. The van der Waals surface area contributed by atoms with E-state index >= 15 is 0 Å². The van der Waals surface area contributed by atoms with Crippen LogP contribution in [-0.2, 0) is 0 Å². The lowest BCUT2D eigenvalue weighted by Gasteiger charge is -2.23. The van der Waals surface area contributed by atoms with E-state index in [2.05, 4.69) is 49.7 Å². The molecule has 0 atom stereocenters. The summed E-state index contributed by atoms with van der Waals surface area (Å²) in [4.78, 5) is 5.12. The maximum Gasteiger partial charge on any atom is -0.000666 e. The van der Waals surface area contributed by atoms with E-state index in [0.717, 1.165) is 12.5 Å². The number of hydrogen-bond donors (Lipinski definition) is 1. The zero-order valence-corrected chi connectivity index (χ0v) is 14.7. The third-order valence-corrected chi connectivity index (χ3v) is 3.92. The summed E-state index contributed by atoms with van der Waals surface area (Å²) < 4.78 is 0. The average molecular weight is 286 g/mol. The lowest BCUT2D eigenvalue weighted by atomic mass is 10.2. The second-order valence-corrected chi connectivity index (χ2v) is 6.12. The summed E-state index contributed by atoms with van der Waals surface area (Å²) in [6, 6.07) is 0. The van der Waals surface area contributed by atoms with Crippen LogP contribution >= 0.6 is 0 Å². The van der Waals surface area contributed by atoms with Crippen molar-refractivity contribution in [2.45, 2.75) is 53.9 Å². The van der Waals surface area contributed by atoms with Gasteiger partial charge in [-0.15, -0.1) is 0 Å². The molecule has 0 spiro atoms. The van der Waals surface area contributed by atoms with E-state index in [9.17, 15) is 0 Å². The van der Waals surface area contributed by atoms with Gasteiger partial charge >= 0.3 is 0 Å². The van der Waals surface area contributed by atoms with Crippen molar-refractivity contribution in [1.82, 2.24) is 15.1 Å². The molecule has 0 bridgehead atoms. The first-order valence-electron chi connectivity index (χ1n) is 8.79. The number of nitrogens with one attached hydrogen (secondary N) is 1. The van der Waals surface area contributed by atoms with Gasteiger partial charge in [0.2, 0.25) is 0 Å². The molecule has 3 nitrogen and oxygen atoms in total. The van der Waals surface area contributed by atoms with Crippen LogP contribution in [-0.4, -0.2) is 62.2 Å². The summed E-state index contributed by atoms with van der Waals surface area (Å²) in [5.41, 5.74) is 0. The van der Waals surface area contributed by atoms with Crippen LogP contribution in [0.25, 0.3) is 0 Å². The second-order valence-electron chi connectivity index (χ2n) is 6.12. The predicted octanol–water partition coefficient (Wildman–Crippen LogP) is 3.07. The fourth-order valence-electron chi connectivity index (χ4n) is 2.46. The molecule has 0 aromatic carbocycles. The van der Waals surface area contributed by atoms with Crippen molar-refractivity contribution in [2.75, 3.05) is 52.4 Å². The Kier molecular flexibility index (Phi) is 13.8. The molecule has 0 aromatic rings. The normalized spacial score (nSPS) is 12.0. The van der Waals surface area contributed by atoms with Crippen LogP contribution < -0.4 is 5.32 Å². The average Bonchev–Trinajstić information content (AvgIpc) is 2.44. The lowest BCUT2D eigenvalue weighted by molar-refractivity contribution is 0.240. The number of unbranched alkanes of at least 4 members (excludes halogenated alkanes) is 1. The standard InChI is InChI=1S/C17H39N3/c1-6-19(7-2)14-11-15-20(8-3)13-10-9-12-18-16-17(4)5/h17-18H,6-16H2,1-5H3. The summed E-state index contributed by atoms with van der Waals surface area (Å²) >= 11 is 0. The molecule has 3 heteroatoms. The fourth-order valence-corrected chi connectivity index (χ4v) is 2.46. The number of nitrogens with zero attached hydrogens (tertiary/aromatic N) is 2. The van der Waals surface area contributed by atoms with Crippen molar-refractivity contribution in [3.63, 3.8) is 0 Å².